The molecule has 1 saturated heterocycles. The van der Waals surface area contributed by atoms with Crippen molar-refractivity contribution in [2.75, 3.05) is 11.7 Å². The van der Waals surface area contributed by atoms with E-state index in [0.29, 0.717) is 36.4 Å². The van der Waals surface area contributed by atoms with Crippen molar-refractivity contribution in [3.63, 3.8) is 0 Å². The molecule has 0 atom stereocenters. The van der Waals surface area contributed by atoms with Gasteiger partial charge in [-0.25, -0.2) is 14.1 Å². The Kier molecular flexibility index (Phi) is 6.67. The fraction of sp³-hybridized carbons (Fsp3) is 0.0800. The number of hydrogen-bond acceptors (Lipinski definition) is 6. The second kappa shape index (κ2) is 9.90. The van der Waals surface area contributed by atoms with Crippen molar-refractivity contribution in [2.45, 2.75) is 6.61 Å². The highest BCUT2D eigenvalue weighted by atomic mass is 127. The van der Waals surface area contributed by atoms with Gasteiger partial charge < -0.3 is 14.2 Å². The number of urea groups is 1. The summed E-state index contributed by atoms with van der Waals surface area (Å²) in [6.45, 7) is 0.0608. The highest BCUT2D eigenvalue weighted by molar-refractivity contribution is 14.1. The lowest BCUT2D eigenvalue weighted by atomic mass is 10.1. The van der Waals surface area contributed by atoms with Gasteiger partial charge in [0, 0.05) is 11.6 Å². The maximum absolute atomic E-state index is 13.9. The minimum absolute atomic E-state index is 0.0230. The number of anilines is 1. The van der Waals surface area contributed by atoms with E-state index in [2.05, 4.69) is 21.2 Å². The molecule has 8 nitrogen and oxygen atoms in total. The highest BCUT2D eigenvalue weighted by Gasteiger charge is 2.37. The van der Waals surface area contributed by atoms with Gasteiger partial charge in [0.25, 0.3) is 11.8 Å². The number of imide groups is 2. The largest absolute Gasteiger partial charge is 0.486 e. The Morgan fingerprint density at radius 2 is 1.86 bits per heavy atom. The lowest BCUT2D eigenvalue weighted by Gasteiger charge is -2.26. The van der Waals surface area contributed by atoms with Gasteiger partial charge in [0.1, 0.15) is 23.7 Å². The molecule has 2 aliphatic rings. The monoisotopic (exact) mass is 664 g/mol. The fourth-order valence-electron chi connectivity index (χ4n) is 3.65. The van der Waals surface area contributed by atoms with Gasteiger partial charge in [-0.15, -0.1) is 0 Å². The molecular weight excluding hydrogens is 650 g/mol. The van der Waals surface area contributed by atoms with Gasteiger partial charge in [0.05, 0.1) is 13.7 Å². The van der Waals surface area contributed by atoms with Crippen molar-refractivity contribution in [2.24, 2.45) is 0 Å². The first-order valence-corrected chi connectivity index (χ1v) is 12.4. The third-order valence-electron chi connectivity index (χ3n) is 5.38. The Morgan fingerprint density at radius 1 is 1.08 bits per heavy atom. The summed E-state index contributed by atoms with van der Waals surface area (Å²) in [4.78, 5) is 39.1. The molecule has 0 aliphatic carbocycles. The van der Waals surface area contributed by atoms with E-state index in [9.17, 15) is 18.8 Å². The number of benzene rings is 3. The van der Waals surface area contributed by atoms with Crippen molar-refractivity contribution in [3.05, 3.63) is 85.2 Å². The number of nitrogens with zero attached hydrogens (tertiary/aromatic N) is 1. The average molecular weight is 665 g/mol. The molecule has 0 bridgehead atoms. The first kappa shape index (κ1) is 24.3. The van der Waals surface area contributed by atoms with Gasteiger partial charge in [0.2, 0.25) is 6.79 Å². The number of carbonyl (C=O) groups is 3. The van der Waals surface area contributed by atoms with Crippen molar-refractivity contribution >= 4 is 68.1 Å². The topological polar surface area (TPSA) is 94.2 Å². The Balaban J connectivity index is 1.42. The van der Waals surface area contributed by atoms with Crippen LogP contribution in [-0.2, 0) is 16.2 Å². The number of barbiturate groups is 1. The summed E-state index contributed by atoms with van der Waals surface area (Å²) in [5, 5.41) is 2.19. The molecule has 0 spiro atoms. The first-order valence-electron chi connectivity index (χ1n) is 10.5. The number of rotatable bonds is 5. The average Bonchev–Trinajstić information content (AvgIpc) is 3.30. The molecule has 0 unspecified atom stereocenters. The zero-order valence-corrected chi connectivity index (χ0v) is 22.0. The second-order valence-electron chi connectivity index (χ2n) is 7.69. The van der Waals surface area contributed by atoms with Crippen molar-refractivity contribution in [3.8, 4) is 17.2 Å². The number of fused-ring (bicyclic) bond motifs is 1. The summed E-state index contributed by atoms with van der Waals surface area (Å²) in [6, 6.07) is 13.4. The normalized spacial score (nSPS) is 15.9. The van der Waals surface area contributed by atoms with Gasteiger partial charge >= 0.3 is 6.03 Å². The van der Waals surface area contributed by atoms with Crippen LogP contribution in [0, 0.1) is 9.39 Å². The van der Waals surface area contributed by atoms with Crippen LogP contribution in [0.2, 0.25) is 0 Å². The predicted octanol–water partition coefficient (Wildman–Crippen LogP) is 5.17. The number of amides is 4. The molecule has 5 rings (SSSR count). The molecular formula is C25H15BrFIN2O6. The minimum atomic E-state index is -0.867. The standard InChI is InChI=1S/C25H15BrFIN2O6/c26-17-8-13(9-19(28)22(17)34-11-14-3-1-2-4-18(14)27)7-16-23(31)29-25(33)30(24(16)32)15-5-6-20-21(10-15)36-12-35-20/h1-10H,11-12H2,(H,29,31,33)/b16-7+. The summed E-state index contributed by atoms with van der Waals surface area (Å²) < 4.78 is 31.5. The van der Waals surface area contributed by atoms with Crippen LogP contribution in [0.4, 0.5) is 14.9 Å². The summed E-state index contributed by atoms with van der Waals surface area (Å²) >= 11 is 5.49. The van der Waals surface area contributed by atoms with Crippen molar-refractivity contribution < 1.29 is 33.0 Å². The van der Waals surface area contributed by atoms with E-state index in [0.717, 1.165) is 4.90 Å². The van der Waals surface area contributed by atoms with E-state index < -0.39 is 17.8 Å². The molecule has 182 valence electrons. The van der Waals surface area contributed by atoms with Crippen LogP contribution in [0.25, 0.3) is 6.08 Å². The third kappa shape index (κ3) is 4.67. The van der Waals surface area contributed by atoms with Gasteiger partial charge in [-0.2, -0.15) is 0 Å². The number of carbonyl (C=O) groups excluding carboxylic acids is 3. The van der Waals surface area contributed by atoms with E-state index in [4.69, 9.17) is 14.2 Å². The predicted molar refractivity (Wildman–Crippen MR) is 139 cm³/mol. The van der Waals surface area contributed by atoms with E-state index in [1.54, 1.807) is 36.4 Å². The molecule has 36 heavy (non-hydrogen) atoms. The van der Waals surface area contributed by atoms with Crippen LogP contribution in [0.5, 0.6) is 17.2 Å². The summed E-state index contributed by atoms with van der Waals surface area (Å²) in [7, 11) is 0. The van der Waals surface area contributed by atoms with Crippen LogP contribution >= 0.6 is 38.5 Å². The molecule has 2 heterocycles. The van der Waals surface area contributed by atoms with E-state index in [1.807, 2.05) is 22.6 Å². The Hall–Kier alpha value is -3.45. The van der Waals surface area contributed by atoms with Crippen LogP contribution < -0.4 is 24.4 Å². The van der Waals surface area contributed by atoms with Gasteiger partial charge in [0.15, 0.2) is 11.5 Å². The summed E-state index contributed by atoms with van der Waals surface area (Å²) in [6.07, 6.45) is 1.39. The maximum Gasteiger partial charge on any atom is 0.335 e. The minimum Gasteiger partial charge on any atom is -0.486 e. The second-order valence-corrected chi connectivity index (χ2v) is 9.71. The zero-order valence-electron chi connectivity index (χ0n) is 18.2. The van der Waals surface area contributed by atoms with Crippen LogP contribution in [-0.4, -0.2) is 24.6 Å². The number of ether oxygens (including phenoxy) is 3. The molecule has 0 saturated carbocycles. The highest BCUT2D eigenvalue weighted by Crippen LogP contribution is 2.37. The molecule has 4 amide bonds. The number of hydrogen-bond donors (Lipinski definition) is 1. The van der Waals surface area contributed by atoms with Gasteiger partial charge in [-0.3, -0.25) is 14.9 Å². The van der Waals surface area contributed by atoms with Crippen LogP contribution in [0.1, 0.15) is 11.1 Å². The molecule has 0 radical (unpaired) electrons. The lowest BCUT2D eigenvalue weighted by molar-refractivity contribution is -0.122. The number of nitrogens with one attached hydrogen (secondary N) is 1. The van der Waals surface area contributed by atoms with E-state index in [1.165, 1.54) is 24.3 Å². The van der Waals surface area contributed by atoms with Crippen LogP contribution in [0.3, 0.4) is 0 Å². The Bertz CT molecular complexity index is 1440. The zero-order chi connectivity index (χ0) is 25.4. The molecule has 0 aromatic heterocycles. The van der Waals surface area contributed by atoms with E-state index in [-0.39, 0.29) is 30.5 Å². The maximum atomic E-state index is 13.9. The first-order chi connectivity index (χ1) is 17.3. The molecule has 11 heteroatoms. The molecule has 1 N–H and O–H groups in total. The fourth-order valence-corrected chi connectivity index (χ4v) is 5.42. The molecule has 3 aromatic carbocycles. The molecule has 2 aliphatic heterocycles. The number of halogens is 3. The van der Waals surface area contributed by atoms with Crippen LogP contribution in [0.15, 0.2) is 64.6 Å². The third-order valence-corrected chi connectivity index (χ3v) is 6.77. The Morgan fingerprint density at radius 3 is 2.64 bits per heavy atom. The summed E-state index contributed by atoms with van der Waals surface area (Å²) in [5.74, 6) is -0.597. The van der Waals surface area contributed by atoms with Crippen molar-refractivity contribution in [1.82, 2.24) is 5.32 Å². The SMILES string of the molecule is O=C1NC(=O)N(c2ccc3c(c2)OCO3)C(=O)/C1=C/c1cc(Br)c(OCc2ccccc2F)c(I)c1. The molecule has 1 fully saturated rings. The van der Waals surface area contributed by atoms with Gasteiger partial charge in [-0.05, 0) is 80.5 Å². The van der Waals surface area contributed by atoms with Gasteiger partial charge in [-0.1, -0.05) is 18.2 Å². The molecule has 3 aromatic rings. The lowest BCUT2D eigenvalue weighted by Crippen LogP contribution is -2.54. The summed E-state index contributed by atoms with van der Waals surface area (Å²) in [5.41, 5.74) is 0.926. The van der Waals surface area contributed by atoms with E-state index >= 15 is 0 Å². The quantitative estimate of drug-likeness (QED) is 0.230. The Labute approximate surface area is 226 Å². The van der Waals surface area contributed by atoms with Crippen molar-refractivity contribution in [1.29, 1.82) is 0 Å². The smallest absolute Gasteiger partial charge is 0.335 e.